The van der Waals surface area contributed by atoms with Gasteiger partial charge in [-0.05, 0) is 40.8 Å². The molecule has 1 aromatic rings. The van der Waals surface area contributed by atoms with Crippen molar-refractivity contribution in [1.29, 1.82) is 0 Å². The molecule has 1 nitrogen and oxygen atoms in total. The topological polar surface area (TPSA) is 12.0 Å². The lowest BCUT2D eigenvalue weighted by Gasteiger charge is -2.00. The van der Waals surface area contributed by atoms with Gasteiger partial charge in [0.25, 0.3) is 0 Å². The van der Waals surface area contributed by atoms with Crippen LogP contribution in [-0.4, -0.2) is 7.05 Å². The Kier molecular flexibility index (Phi) is 2.80. The Morgan fingerprint density at radius 2 is 2.20 bits per heavy atom. The molecule has 0 bridgehead atoms. The average Bonchev–Trinajstić information content (AvgIpc) is 1.95. The van der Waals surface area contributed by atoms with Gasteiger partial charge in [-0.25, -0.2) is 0 Å². The third-order valence-electron chi connectivity index (χ3n) is 1.21. The van der Waals surface area contributed by atoms with Crippen LogP contribution in [0.2, 0.25) is 5.02 Å². The number of rotatable bonds is 1. The highest BCUT2D eigenvalue weighted by Gasteiger charge is 1.95. The summed E-state index contributed by atoms with van der Waals surface area (Å²) in [4.78, 5) is 0. The van der Waals surface area contributed by atoms with E-state index < -0.39 is 0 Å². The van der Waals surface area contributed by atoms with Crippen LogP contribution in [-0.2, 0) is 0 Å². The molecule has 10 heavy (non-hydrogen) atoms. The quantitative estimate of drug-likeness (QED) is 0.771. The Labute approximate surface area is 78.9 Å². The molecule has 0 aromatic heterocycles. The molecule has 0 heterocycles. The minimum Gasteiger partial charge on any atom is -0.388 e. The first kappa shape index (κ1) is 8.14. The molecule has 0 aliphatic rings. The SMILES string of the molecule is CNc1ccc(I)c(Cl)c1. The van der Waals surface area contributed by atoms with Crippen LogP contribution in [0.1, 0.15) is 0 Å². The second-order valence-corrected chi connectivity index (χ2v) is 3.45. The summed E-state index contributed by atoms with van der Waals surface area (Å²) < 4.78 is 1.08. The van der Waals surface area contributed by atoms with E-state index in [-0.39, 0.29) is 0 Å². The summed E-state index contributed by atoms with van der Waals surface area (Å²) in [6.07, 6.45) is 0. The van der Waals surface area contributed by atoms with Crippen molar-refractivity contribution in [2.45, 2.75) is 0 Å². The molecule has 0 amide bonds. The maximum atomic E-state index is 5.85. The van der Waals surface area contributed by atoms with Crippen LogP contribution in [0.15, 0.2) is 18.2 Å². The summed E-state index contributed by atoms with van der Waals surface area (Å²) >= 11 is 8.04. The van der Waals surface area contributed by atoms with Crippen molar-refractivity contribution in [3.8, 4) is 0 Å². The van der Waals surface area contributed by atoms with E-state index in [9.17, 15) is 0 Å². The Hall–Kier alpha value is 0.0400. The van der Waals surface area contributed by atoms with Crippen LogP contribution < -0.4 is 5.32 Å². The van der Waals surface area contributed by atoms with E-state index >= 15 is 0 Å². The monoisotopic (exact) mass is 267 g/mol. The smallest absolute Gasteiger partial charge is 0.0559 e. The molecule has 0 atom stereocenters. The van der Waals surface area contributed by atoms with Gasteiger partial charge in [0.05, 0.1) is 5.02 Å². The van der Waals surface area contributed by atoms with Crippen LogP contribution in [0.5, 0.6) is 0 Å². The van der Waals surface area contributed by atoms with Crippen LogP contribution in [0.25, 0.3) is 0 Å². The molecule has 0 aliphatic heterocycles. The predicted octanol–water partition coefficient (Wildman–Crippen LogP) is 2.99. The maximum Gasteiger partial charge on any atom is 0.0559 e. The van der Waals surface area contributed by atoms with Gasteiger partial charge in [-0.2, -0.15) is 0 Å². The van der Waals surface area contributed by atoms with Crippen molar-refractivity contribution < 1.29 is 0 Å². The highest BCUT2D eigenvalue weighted by molar-refractivity contribution is 14.1. The molecule has 0 aliphatic carbocycles. The van der Waals surface area contributed by atoms with Crippen molar-refractivity contribution in [2.75, 3.05) is 12.4 Å². The van der Waals surface area contributed by atoms with Crippen molar-refractivity contribution in [1.82, 2.24) is 0 Å². The second kappa shape index (κ2) is 3.44. The largest absolute Gasteiger partial charge is 0.388 e. The number of hydrogen-bond acceptors (Lipinski definition) is 1. The van der Waals surface area contributed by atoms with Gasteiger partial charge in [0.15, 0.2) is 0 Å². The van der Waals surface area contributed by atoms with E-state index in [1.807, 2.05) is 25.2 Å². The third-order valence-corrected chi connectivity index (χ3v) is 2.78. The van der Waals surface area contributed by atoms with Crippen molar-refractivity contribution in [3.63, 3.8) is 0 Å². The van der Waals surface area contributed by atoms with Gasteiger partial charge >= 0.3 is 0 Å². The van der Waals surface area contributed by atoms with Crippen LogP contribution in [0, 0.1) is 3.57 Å². The first-order valence-electron chi connectivity index (χ1n) is 2.87. The number of hydrogen-bond donors (Lipinski definition) is 1. The molecule has 54 valence electrons. The van der Waals surface area contributed by atoms with Gasteiger partial charge in [0.1, 0.15) is 0 Å². The summed E-state index contributed by atoms with van der Waals surface area (Å²) in [6.45, 7) is 0. The van der Waals surface area contributed by atoms with Crippen molar-refractivity contribution in [3.05, 3.63) is 26.8 Å². The Morgan fingerprint density at radius 3 is 2.70 bits per heavy atom. The summed E-state index contributed by atoms with van der Waals surface area (Å²) in [7, 11) is 1.87. The predicted molar refractivity (Wildman–Crippen MR) is 53.7 cm³/mol. The van der Waals surface area contributed by atoms with Gasteiger partial charge in [-0.15, -0.1) is 0 Å². The zero-order chi connectivity index (χ0) is 7.56. The fourth-order valence-electron chi connectivity index (χ4n) is 0.652. The zero-order valence-corrected chi connectivity index (χ0v) is 8.40. The number of nitrogens with one attached hydrogen (secondary N) is 1. The minimum absolute atomic E-state index is 0.799. The molecule has 1 aromatic carbocycles. The molecule has 3 heteroatoms. The van der Waals surface area contributed by atoms with Gasteiger partial charge in [-0.3, -0.25) is 0 Å². The second-order valence-electron chi connectivity index (χ2n) is 1.88. The Balaban J connectivity index is 3.04. The lowest BCUT2D eigenvalue weighted by atomic mass is 10.3. The molecule has 0 unspecified atom stereocenters. The summed E-state index contributed by atoms with van der Waals surface area (Å²) in [5.74, 6) is 0. The van der Waals surface area contributed by atoms with Crippen molar-refractivity contribution in [2.24, 2.45) is 0 Å². The summed E-state index contributed by atoms with van der Waals surface area (Å²) in [5, 5.41) is 3.81. The minimum atomic E-state index is 0.799. The van der Waals surface area contributed by atoms with E-state index in [1.165, 1.54) is 0 Å². The molecule has 0 saturated heterocycles. The molecule has 0 radical (unpaired) electrons. The van der Waals surface area contributed by atoms with E-state index in [2.05, 4.69) is 27.9 Å². The van der Waals surface area contributed by atoms with E-state index in [0.29, 0.717) is 0 Å². The fourth-order valence-corrected chi connectivity index (χ4v) is 1.17. The van der Waals surface area contributed by atoms with Gasteiger partial charge in [0, 0.05) is 16.3 Å². The molecule has 0 saturated carbocycles. The first-order chi connectivity index (χ1) is 4.74. The molecular formula is C7H7ClIN. The van der Waals surface area contributed by atoms with Crippen LogP contribution in [0.3, 0.4) is 0 Å². The lowest BCUT2D eigenvalue weighted by molar-refractivity contribution is 1.50. The summed E-state index contributed by atoms with van der Waals surface area (Å²) in [5.41, 5.74) is 1.05. The number of anilines is 1. The molecular weight excluding hydrogens is 260 g/mol. The maximum absolute atomic E-state index is 5.85. The van der Waals surface area contributed by atoms with Crippen LogP contribution in [0.4, 0.5) is 5.69 Å². The highest BCUT2D eigenvalue weighted by Crippen LogP contribution is 2.21. The molecule has 0 spiro atoms. The molecule has 1 rings (SSSR count). The average molecular weight is 267 g/mol. The van der Waals surface area contributed by atoms with E-state index in [0.717, 1.165) is 14.3 Å². The van der Waals surface area contributed by atoms with Gasteiger partial charge < -0.3 is 5.32 Å². The summed E-state index contributed by atoms with van der Waals surface area (Å²) in [6, 6.07) is 5.88. The highest BCUT2D eigenvalue weighted by atomic mass is 127. The van der Waals surface area contributed by atoms with Gasteiger partial charge in [0.2, 0.25) is 0 Å². The van der Waals surface area contributed by atoms with Gasteiger partial charge in [-0.1, -0.05) is 11.6 Å². The lowest BCUT2D eigenvalue weighted by Crippen LogP contribution is -1.87. The van der Waals surface area contributed by atoms with E-state index in [1.54, 1.807) is 0 Å². The fraction of sp³-hybridized carbons (Fsp3) is 0.143. The molecule has 1 N–H and O–H groups in total. The van der Waals surface area contributed by atoms with Crippen LogP contribution >= 0.6 is 34.2 Å². The zero-order valence-electron chi connectivity index (χ0n) is 5.49. The standard InChI is InChI=1S/C7H7ClIN/c1-10-5-2-3-7(9)6(8)4-5/h2-4,10H,1H3. The normalized spacial score (nSPS) is 9.50. The van der Waals surface area contributed by atoms with E-state index in [4.69, 9.17) is 11.6 Å². The number of benzene rings is 1. The Bertz CT molecular complexity index is 237. The third kappa shape index (κ3) is 1.76. The molecule has 0 fully saturated rings. The Morgan fingerprint density at radius 1 is 1.50 bits per heavy atom. The first-order valence-corrected chi connectivity index (χ1v) is 4.32. The van der Waals surface area contributed by atoms with Crippen molar-refractivity contribution >= 4 is 39.9 Å². The number of halogens is 2.